The smallest absolute Gasteiger partial charge is 0.236 e. The summed E-state index contributed by atoms with van der Waals surface area (Å²) in [5.41, 5.74) is 16.6. The SMILES string of the molecule is C1=CC2=C(CC1)c1ccccc1C21c2ccccc2-c2ccc(-c3nc(-n4c5cc6ccccc6cc5c5c6ccccc6ccc54)nc4c3oc3ccccc34)cc21. The number of nitrogens with zero attached hydrogens (tertiary/aromatic N) is 3. The third kappa shape index (κ3) is 3.98. The molecule has 0 fully saturated rings. The van der Waals surface area contributed by atoms with Gasteiger partial charge in [-0.05, 0) is 115 Å². The Morgan fingerprint density at radius 3 is 2.14 bits per heavy atom. The van der Waals surface area contributed by atoms with E-state index in [0.717, 1.165) is 51.6 Å². The van der Waals surface area contributed by atoms with E-state index in [4.69, 9.17) is 14.4 Å². The van der Waals surface area contributed by atoms with E-state index in [0.29, 0.717) is 11.5 Å². The van der Waals surface area contributed by atoms with Crippen molar-refractivity contribution in [2.45, 2.75) is 18.3 Å². The number of allylic oxidation sites excluding steroid dienone is 4. The maximum Gasteiger partial charge on any atom is 0.236 e. The Morgan fingerprint density at radius 1 is 0.542 bits per heavy atom. The molecule has 0 radical (unpaired) electrons. The fourth-order valence-corrected chi connectivity index (χ4v) is 11.1. The molecule has 0 bridgehead atoms. The third-order valence-electron chi connectivity index (χ3n) is 13.5. The lowest BCUT2D eigenvalue weighted by Crippen LogP contribution is -2.27. The summed E-state index contributed by atoms with van der Waals surface area (Å²) in [5.74, 6) is 0.620. The molecule has 0 aliphatic heterocycles. The van der Waals surface area contributed by atoms with Gasteiger partial charge in [-0.15, -0.1) is 0 Å². The van der Waals surface area contributed by atoms with E-state index in [1.54, 1.807) is 0 Å². The van der Waals surface area contributed by atoms with E-state index >= 15 is 0 Å². The molecule has 0 saturated heterocycles. The first-order chi connectivity index (χ1) is 29.3. The zero-order valence-electron chi connectivity index (χ0n) is 31.9. The molecule has 1 unspecified atom stereocenters. The Balaban J connectivity index is 1.10. The Morgan fingerprint density at radius 2 is 1.25 bits per heavy atom. The maximum atomic E-state index is 6.79. The van der Waals surface area contributed by atoms with Crippen LogP contribution < -0.4 is 0 Å². The monoisotopic (exact) mass is 751 g/mol. The quantitative estimate of drug-likeness (QED) is 0.177. The first-order valence-corrected chi connectivity index (χ1v) is 20.5. The fourth-order valence-electron chi connectivity index (χ4n) is 11.1. The number of fused-ring (bicyclic) bond motifs is 18. The van der Waals surface area contributed by atoms with Gasteiger partial charge in [0.05, 0.1) is 16.4 Å². The van der Waals surface area contributed by atoms with Gasteiger partial charge in [0.1, 0.15) is 16.8 Å². The maximum absolute atomic E-state index is 6.79. The van der Waals surface area contributed by atoms with Gasteiger partial charge >= 0.3 is 0 Å². The van der Waals surface area contributed by atoms with Gasteiger partial charge in [0.15, 0.2) is 5.58 Å². The first-order valence-electron chi connectivity index (χ1n) is 20.5. The van der Waals surface area contributed by atoms with Gasteiger partial charge in [0.2, 0.25) is 5.95 Å². The normalized spacial score (nSPS) is 16.6. The van der Waals surface area contributed by atoms with Crippen molar-refractivity contribution in [2.75, 3.05) is 0 Å². The van der Waals surface area contributed by atoms with E-state index in [1.165, 1.54) is 76.8 Å². The van der Waals surface area contributed by atoms with E-state index in [1.807, 2.05) is 12.1 Å². The van der Waals surface area contributed by atoms with Crippen molar-refractivity contribution in [3.05, 3.63) is 204 Å². The van der Waals surface area contributed by atoms with Crippen molar-refractivity contribution in [3.63, 3.8) is 0 Å². The number of rotatable bonds is 2. The van der Waals surface area contributed by atoms with Gasteiger partial charge in [0, 0.05) is 21.7 Å². The van der Waals surface area contributed by atoms with Gasteiger partial charge in [-0.2, -0.15) is 0 Å². The average molecular weight is 752 g/mol. The topological polar surface area (TPSA) is 43.9 Å². The highest BCUT2D eigenvalue weighted by atomic mass is 16.3. The molecule has 3 aromatic heterocycles. The van der Waals surface area contributed by atoms with Crippen molar-refractivity contribution >= 4 is 71.0 Å². The molecule has 274 valence electrons. The second kappa shape index (κ2) is 11.3. The standard InChI is InChI=1S/C55H33N3O/c1-2-15-34-31-48-42(29-33(34)14-1)50-36-16-4-3-13-32(36)26-28-47(50)58(48)54-56-51(53-52(57-54)41-20-8-12-24-49(41)59-53)35-25-27-40-39-19-7-11-23-45(39)55(46(40)30-35)43-21-9-5-17-37(43)38-18-6-10-22-44(38)55/h1-5,7-17,19-31H,6,18H2. The van der Waals surface area contributed by atoms with Crippen LogP contribution in [0.2, 0.25) is 0 Å². The van der Waals surface area contributed by atoms with Crippen molar-refractivity contribution in [3.8, 4) is 28.3 Å². The molecule has 4 nitrogen and oxygen atoms in total. The summed E-state index contributed by atoms with van der Waals surface area (Å²) in [6, 6.07) is 59.7. The summed E-state index contributed by atoms with van der Waals surface area (Å²) in [6.45, 7) is 0. The molecule has 3 aliphatic rings. The van der Waals surface area contributed by atoms with Crippen molar-refractivity contribution in [1.29, 1.82) is 0 Å². The van der Waals surface area contributed by atoms with Gasteiger partial charge < -0.3 is 4.42 Å². The number of benzene rings is 8. The Hall–Kier alpha value is -7.56. The molecule has 14 rings (SSSR count). The molecule has 3 heterocycles. The molecule has 3 aliphatic carbocycles. The zero-order chi connectivity index (χ0) is 38.4. The molecule has 0 amide bonds. The number of hydrogen-bond donors (Lipinski definition) is 0. The van der Waals surface area contributed by atoms with Crippen LogP contribution in [0, 0.1) is 0 Å². The molecule has 8 aromatic carbocycles. The van der Waals surface area contributed by atoms with Gasteiger partial charge in [-0.1, -0.05) is 140 Å². The molecule has 4 heteroatoms. The number of furan rings is 1. The lowest BCUT2D eigenvalue weighted by molar-refractivity contribution is 0.666. The number of para-hydroxylation sites is 1. The number of hydrogen-bond acceptors (Lipinski definition) is 3. The predicted molar refractivity (Wildman–Crippen MR) is 241 cm³/mol. The minimum atomic E-state index is -0.428. The van der Waals surface area contributed by atoms with E-state index in [9.17, 15) is 0 Å². The minimum Gasteiger partial charge on any atom is -0.452 e. The highest BCUT2D eigenvalue weighted by Gasteiger charge is 2.52. The zero-order valence-corrected chi connectivity index (χ0v) is 31.9. The lowest BCUT2D eigenvalue weighted by Gasteiger charge is -2.32. The fraction of sp³-hybridized carbons (Fsp3) is 0.0545. The second-order valence-corrected chi connectivity index (χ2v) is 16.3. The molecule has 0 saturated carbocycles. The van der Waals surface area contributed by atoms with Gasteiger partial charge in [0.25, 0.3) is 0 Å². The molecular formula is C55H33N3O. The van der Waals surface area contributed by atoms with Crippen molar-refractivity contribution in [2.24, 2.45) is 0 Å². The van der Waals surface area contributed by atoms with Crippen LogP contribution >= 0.6 is 0 Å². The van der Waals surface area contributed by atoms with Crippen LogP contribution in [0.15, 0.2) is 186 Å². The van der Waals surface area contributed by atoms with Crippen LogP contribution in [-0.4, -0.2) is 14.5 Å². The third-order valence-corrected chi connectivity index (χ3v) is 13.5. The van der Waals surface area contributed by atoms with Crippen LogP contribution in [0.3, 0.4) is 0 Å². The largest absolute Gasteiger partial charge is 0.452 e. The van der Waals surface area contributed by atoms with Crippen LogP contribution in [0.25, 0.3) is 99.3 Å². The molecule has 1 atom stereocenters. The highest BCUT2D eigenvalue weighted by molar-refractivity contribution is 6.23. The lowest BCUT2D eigenvalue weighted by atomic mass is 9.69. The summed E-state index contributed by atoms with van der Waals surface area (Å²) in [6.07, 6.45) is 6.87. The molecule has 59 heavy (non-hydrogen) atoms. The van der Waals surface area contributed by atoms with Crippen LogP contribution in [0.5, 0.6) is 0 Å². The summed E-state index contributed by atoms with van der Waals surface area (Å²) in [7, 11) is 0. The Kier molecular flexibility index (Phi) is 6.04. The summed E-state index contributed by atoms with van der Waals surface area (Å²) in [5, 5.41) is 8.16. The average Bonchev–Trinajstić information content (AvgIpc) is 4.01. The molecule has 11 aromatic rings. The van der Waals surface area contributed by atoms with Crippen molar-refractivity contribution < 1.29 is 4.42 Å². The van der Waals surface area contributed by atoms with E-state index in [2.05, 4.69) is 168 Å². The van der Waals surface area contributed by atoms with Gasteiger partial charge in [-0.25, -0.2) is 9.97 Å². The van der Waals surface area contributed by atoms with E-state index < -0.39 is 5.41 Å². The van der Waals surface area contributed by atoms with Crippen molar-refractivity contribution in [1.82, 2.24) is 14.5 Å². The molecule has 0 N–H and O–H groups in total. The van der Waals surface area contributed by atoms with Crippen LogP contribution in [0.1, 0.15) is 35.1 Å². The number of aromatic nitrogens is 3. The summed E-state index contributed by atoms with van der Waals surface area (Å²) in [4.78, 5) is 11.1. The van der Waals surface area contributed by atoms with Crippen LogP contribution in [0.4, 0.5) is 0 Å². The highest BCUT2D eigenvalue weighted by Crippen LogP contribution is 2.63. The van der Waals surface area contributed by atoms with E-state index in [-0.39, 0.29) is 0 Å². The van der Waals surface area contributed by atoms with Crippen LogP contribution in [-0.2, 0) is 5.41 Å². The second-order valence-electron chi connectivity index (χ2n) is 16.3. The Bertz CT molecular complexity index is 3750. The summed E-state index contributed by atoms with van der Waals surface area (Å²) >= 11 is 0. The minimum absolute atomic E-state index is 0.428. The molecular weight excluding hydrogens is 719 g/mol. The van der Waals surface area contributed by atoms with Gasteiger partial charge in [-0.3, -0.25) is 4.57 Å². The Labute approximate surface area is 339 Å². The first kappa shape index (κ1) is 31.5. The predicted octanol–water partition coefficient (Wildman–Crippen LogP) is 13.9. The summed E-state index contributed by atoms with van der Waals surface area (Å²) < 4.78 is 9.06. The molecule has 1 spiro atoms.